The third-order valence-corrected chi connectivity index (χ3v) is 4.88. The van der Waals surface area contributed by atoms with Gasteiger partial charge < -0.3 is 18.3 Å². The van der Waals surface area contributed by atoms with E-state index in [0.29, 0.717) is 30.4 Å². The Kier molecular flexibility index (Phi) is 5.08. The van der Waals surface area contributed by atoms with Gasteiger partial charge in [-0.25, -0.2) is 0 Å². The molecule has 0 spiro atoms. The summed E-state index contributed by atoms with van der Waals surface area (Å²) in [6.07, 6.45) is 1.59. The maximum absolute atomic E-state index is 13.2. The van der Waals surface area contributed by atoms with Crippen LogP contribution >= 0.6 is 0 Å². The van der Waals surface area contributed by atoms with Crippen LogP contribution in [0, 0.1) is 20.8 Å². The molecule has 4 aromatic rings. The van der Waals surface area contributed by atoms with E-state index in [1.807, 2.05) is 50.2 Å². The monoisotopic (exact) mass is 390 g/mol. The van der Waals surface area contributed by atoms with Gasteiger partial charge in [0, 0.05) is 11.6 Å². The van der Waals surface area contributed by atoms with E-state index in [9.17, 15) is 4.79 Å². The van der Waals surface area contributed by atoms with Crippen molar-refractivity contribution in [3.63, 3.8) is 0 Å². The van der Waals surface area contributed by atoms with E-state index in [1.165, 1.54) is 5.56 Å². The maximum Gasteiger partial charge on any atom is 0.276 e. The van der Waals surface area contributed by atoms with Crippen LogP contribution in [0.15, 0.2) is 68.2 Å². The second-order valence-corrected chi connectivity index (χ2v) is 7.13. The van der Waals surface area contributed by atoms with Crippen molar-refractivity contribution in [1.29, 1.82) is 0 Å². The van der Waals surface area contributed by atoms with Crippen LogP contribution in [0.5, 0.6) is 0 Å². The quantitative estimate of drug-likeness (QED) is 0.447. The molecule has 3 heterocycles. The molecule has 0 atom stereocenters. The standard InChI is InChI=1S/C23H22N2O4/c1-15-6-8-18(11-16(15)2)22-12-21(24-29-22)23(26)25(13-19-5-4-10-27-19)14-20-9-7-17(3)28-20/h4-12H,13-14H2,1-3H3. The summed E-state index contributed by atoms with van der Waals surface area (Å²) in [4.78, 5) is 14.8. The van der Waals surface area contributed by atoms with Crippen molar-refractivity contribution < 1.29 is 18.2 Å². The number of amides is 1. The van der Waals surface area contributed by atoms with Crippen LogP contribution in [0.1, 0.15) is 38.9 Å². The highest BCUT2D eigenvalue weighted by Gasteiger charge is 2.23. The summed E-state index contributed by atoms with van der Waals surface area (Å²) in [7, 11) is 0. The van der Waals surface area contributed by atoms with Gasteiger partial charge in [0.05, 0.1) is 19.4 Å². The van der Waals surface area contributed by atoms with Crippen LogP contribution in [0.4, 0.5) is 0 Å². The van der Waals surface area contributed by atoms with E-state index in [1.54, 1.807) is 23.3 Å². The lowest BCUT2D eigenvalue weighted by Crippen LogP contribution is -2.30. The first-order valence-corrected chi connectivity index (χ1v) is 9.41. The van der Waals surface area contributed by atoms with E-state index < -0.39 is 0 Å². The zero-order valence-electron chi connectivity index (χ0n) is 16.6. The van der Waals surface area contributed by atoms with Crippen LogP contribution in [0.3, 0.4) is 0 Å². The minimum atomic E-state index is -0.255. The first-order chi connectivity index (χ1) is 14.0. The second kappa shape index (κ2) is 7.83. The Balaban J connectivity index is 1.59. The van der Waals surface area contributed by atoms with Gasteiger partial charge in [-0.2, -0.15) is 0 Å². The molecule has 6 heteroatoms. The first-order valence-electron chi connectivity index (χ1n) is 9.41. The molecule has 148 valence electrons. The summed E-state index contributed by atoms with van der Waals surface area (Å²) in [6, 6.07) is 15.0. The van der Waals surface area contributed by atoms with Gasteiger partial charge in [-0.1, -0.05) is 17.3 Å². The average Bonchev–Trinajstić information content (AvgIpc) is 3.45. The Bertz CT molecular complexity index is 1120. The minimum Gasteiger partial charge on any atom is -0.467 e. The van der Waals surface area contributed by atoms with Gasteiger partial charge in [0.2, 0.25) is 0 Å². The summed E-state index contributed by atoms with van der Waals surface area (Å²) in [5.41, 5.74) is 3.48. The zero-order chi connectivity index (χ0) is 20.4. The lowest BCUT2D eigenvalue weighted by atomic mass is 10.0. The molecule has 0 fully saturated rings. The Morgan fingerprint density at radius 3 is 2.48 bits per heavy atom. The third-order valence-electron chi connectivity index (χ3n) is 4.88. The summed E-state index contributed by atoms with van der Waals surface area (Å²) in [5, 5.41) is 4.01. The molecule has 6 nitrogen and oxygen atoms in total. The fourth-order valence-electron chi connectivity index (χ4n) is 3.12. The highest BCUT2D eigenvalue weighted by atomic mass is 16.5. The van der Waals surface area contributed by atoms with Gasteiger partial charge in [-0.15, -0.1) is 0 Å². The van der Waals surface area contributed by atoms with E-state index in [4.69, 9.17) is 13.4 Å². The fourth-order valence-corrected chi connectivity index (χ4v) is 3.12. The van der Waals surface area contributed by atoms with Crippen LogP contribution in [0.25, 0.3) is 11.3 Å². The maximum atomic E-state index is 13.2. The first kappa shape index (κ1) is 18.8. The number of hydrogen-bond acceptors (Lipinski definition) is 5. The van der Waals surface area contributed by atoms with Crippen molar-refractivity contribution in [2.45, 2.75) is 33.9 Å². The van der Waals surface area contributed by atoms with E-state index in [2.05, 4.69) is 12.1 Å². The van der Waals surface area contributed by atoms with Crippen LogP contribution < -0.4 is 0 Å². The van der Waals surface area contributed by atoms with E-state index in [-0.39, 0.29) is 11.6 Å². The Morgan fingerprint density at radius 2 is 1.79 bits per heavy atom. The highest BCUT2D eigenvalue weighted by molar-refractivity contribution is 5.93. The van der Waals surface area contributed by atoms with Gasteiger partial charge >= 0.3 is 0 Å². The molecule has 29 heavy (non-hydrogen) atoms. The number of aryl methyl sites for hydroxylation is 3. The summed E-state index contributed by atoms with van der Waals surface area (Å²) in [6.45, 7) is 6.57. The molecule has 1 amide bonds. The van der Waals surface area contributed by atoms with Gasteiger partial charge in [-0.05, 0) is 62.2 Å². The van der Waals surface area contributed by atoms with Gasteiger partial charge in [0.1, 0.15) is 17.3 Å². The number of carbonyl (C=O) groups is 1. The number of furan rings is 2. The second-order valence-electron chi connectivity index (χ2n) is 7.13. The molecular formula is C23H22N2O4. The van der Waals surface area contributed by atoms with Crippen molar-refractivity contribution in [2.75, 3.05) is 0 Å². The van der Waals surface area contributed by atoms with Crippen molar-refractivity contribution in [3.05, 3.63) is 88.9 Å². The molecular weight excluding hydrogens is 368 g/mol. The smallest absolute Gasteiger partial charge is 0.276 e. The molecule has 0 aliphatic rings. The van der Waals surface area contributed by atoms with Gasteiger partial charge in [0.25, 0.3) is 5.91 Å². The lowest BCUT2D eigenvalue weighted by Gasteiger charge is -2.19. The molecule has 0 saturated heterocycles. The van der Waals surface area contributed by atoms with Gasteiger partial charge in [0.15, 0.2) is 11.5 Å². The highest BCUT2D eigenvalue weighted by Crippen LogP contribution is 2.24. The number of aromatic nitrogens is 1. The SMILES string of the molecule is Cc1ccc(CN(Cc2ccco2)C(=O)c2cc(-c3ccc(C)c(C)c3)on2)o1. The Labute approximate surface area is 168 Å². The molecule has 0 radical (unpaired) electrons. The molecule has 0 N–H and O–H groups in total. The number of benzene rings is 1. The molecule has 0 bridgehead atoms. The lowest BCUT2D eigenvalue weighted by molar-refractivity contribution is 0.0693. The number of hydrogen-bond donors (Lipinski definition) is 0. The predicted molar refractivity (Wildman–Crippen MR) is 107 cm³/mol. The Hall–Kier alpha value is -3.54. The zero-order valence-corrected chi connectivity index (χ0v) is 16.6. The van der Waals surface area contributed by atoms with Gasteiger partial charge in [-0.3, -0.25) is 4.79 Å². The normalized spacial score (nSPS) is 11.0. The molecule has 0 unspecified atom stereocenters. The molecule has 0 aliphatic carbocycles. The molecule has 4 rings (SSSR count). The van der Waals surface area contributed by atoms with E-state index >= 15 is 0 Å². The topological polar surface area (TPSA) is 72.6 Å². The molecule has 1 aromatic carbocycles. The number of carbonyl (C=O) groups excluding carboxylic acids is 1. The van der Waals surface area contributed by atoms with Crippen LogP contribution in [-0.4, -0.2) is 16.0 Å². The summed E-state index contributed by atoms with van der Waals surface area (Å²) >= 11 is 0. The summed E-state index contributed by atoms with van der Waals surface area (Å²) < 4.78 is 16.5. The third kappa shape index (κ3) is 4.16. The van der Waals surface area contributed by atoms with Crippen LogP contribution in [0.2, 0.25) is 0 Å². The van der Waals surface area contributed by atoms with E-state index in [0.717, 1.165) is 16.9 Å². The summed E-state index contributed by atoms with van der Waals surface area (Å²) in [5.74, 6) is 2.47. The minimum absolute atomic E-state index is 0.244. The number of rotatable bonds is 6. The van der Waals surface area contributed by atoms with Crippen molar-refractivity contribution in [2.24, 2.45) is 0 Å². The van der Waals surface area contributed by atoms with Crippen LogP contribution in [-0.2, 0) is 13.1 Å². The molecule has 0 aliphatic heterocycles. The Morgan fingerprint density at radius 1 is 0.966 bits per heavy atom. The van der Waals surface area contributed by atoms with Crippen molar-refractivity contribution in [1.82, 2.24) is 10.1 Å². The van der Waals surface area contributed by atoms with Crippen molar-refractivity contribution in [3.8, 4) is 11.3 Å². The average molecular weight is 390 g/mol. The number of nitrogens with zero attached hydrogens (tertiary/aromatic N) is 2. The predicted octanol–water partition coefficient (Wildman–Crippen LogP) is 5.30. The largest absolute Gasteiger partial charge is 0.467 e. The molecule has 3 aromatic heterocycles. The van der Waals surface area contributed by atoms with Crippen molar-refractivity contribution >= 4 is 5.91 Å². The fraction of sp³-hybridized carbons (Fsp3) is 0.217. The molecule has 0 saturated carbocycles.